The van der Waals surface area contributed by atoms with Crippen LogP contribution in [0, 0.1) is 5.92 Å². The largest absolute Gasteiger partial charge is 0.416 e. The highest BCUT2D eigenvalue weighted by Crippen LogP contribution is 2.39. The first-order valence-corrected chi connectivity index (χ1v) is 14.6. The quantitative estimate of drug-likeness (QED) is 0.408. The molecule has 1 aromatic heterocycles. The first kappa shape index (κ1) is 28.8. The molecule has 4 rings (SSSR count). The molecule has 2 aromatic carbocycles. The second-order valence-electron chi connectivity index (χ2n) is 9.24. The molecule has 0 radical (unpaired) electrons. The normalized spacial score (nSPS) is 17.0. The molecule has 0 bridgehead atoms. The molecule has 14 heteroatoms. The molecular formula is C24H25BrClF3N4O4S. The van der Waals surface area contributed by atoms with Gasteiger partial charge in [-0.15, -0.1) is 0 Å². The number of rotatable bonds is 7. The predicted molar refractivity (Wildman–Crippen MR) is 142 cm³/mol. The van der Waals surface area contributed by atoms with E-state index < -0.39 is 39.4 Å². The van der Waals surface area contributed by atoms with E-state index in [-0.39, 0.29) is 54.6 Å². The van der Waals surface area contributed by atoms with E-state index in [1.807, 2.05) is 4.90 Å². The lowest BCUT2D eigenvalue weighted by atomic mass is 10.0. The van der Waals surface area contributed by atoms with Crippen molar-refractivity contribution in [2.45, 2.75) is 37.5 Å². The standard InChI is InChI=1S/C24H25BrClF3N4O4S/c1-2-38(36,37)19-4-3-15(26)7-14(19)11-33-22(34)16-8-18(24(27,28)29)17(20(25)21(16)31-23(33)35)12-32-6-5-13(9-30)10-32/h3-4,7-8,13H,2,5-6,9-12,30H2,1H3,(H,31,35). The lowest BCUT2D eigenvalue weighted by molar-refractivity contribution is -0.138. The van der Waals surface area contributed by atoms with E-state index in [0.29, 0.717) is 24.2 Å². The Hall–Kier alpha value is -2.19. The van der Waals surface area contributed by atoms with Crippen LogP contribution in [0.3, 0.4) is 0 Å². The van der Waals surface area contributed by atoms with Gasteiger partial charge in [-0.2, -0.15) is 13.2 Å². The Bertz CT molecular complexity index is 1620. The fraction of sp³-hybridized carbons (Fsp3) is 0.417. The zero-order valence-corrected chi connectivity index (χ0v) is 23.4. The minimum absolute atomic E-state index is 0.0307. The van der Waals surface area contributed by atoms with Gasteiger partial charge >= 0.3 is 11.9 Å². The summed E-state index contributed by atoms with van der Waals surface area (Å²) in [7, 11) is -3.74. The molecule has 0 saturated carbocycles. The average molecular weight is 638 g/mol. The number of aromatic amines is 1. The van der Waals surface area contributed by atoms with Crippen LogP contribution in [0.4, 0.5) is 13.2 Å². The molecule has 38 heavy (non-hydrogen) atoms. The molecule has 0 amide bonds. The van der Waals surface area contributed by atoms with Crippen LogP contribution in [-0.2, 0) is 29.1 Å². The summed E-state index contributed by atoms with van der Waals surface area (Å²) in [5.41, 5.74) is 2.72. The Balaban J connectivity index is 1.88. The Kier molecular flexibility index (Phi) is 8.16. The second kappa shape index (κ2) is 10.8. The first-order chi connectivity index (χ1) is 17.8. The molecule has 0 spiro atoms. The third-order valence-electron chi connectivity index (χ3n) is 6.78. The molecule has 206 valence electrons. The van der Waals surface area contributed by atoms with E-state index in [9.17, 15) is 31.2 Å². The number of hydrogen-bond donors (Lipinski definition) is 2. The van der Waals surface area contributed by atoms with E-state index in [0.717, 1.165) is 12.5 Å². The number of hydrogen-bond acceptors (Lipinski definition) is 6. The van der Waals surface area contributed by atoms with Crippen LogP contribution in [0.1, 0.15) is 30.0 Å². The molecule has 1 aliphatic rings. The zero-order chi connectivity index (χ0) is 28.0. The molecule has 3 N–H and O–H groups in total. The van der Waals surface area contributed by atoms with E-state index >= 15 is 0 Å². The maximum absolute atomic E-state index is 14.2. The minimum Gasteiger partial charge on any atom is -0.330 e. The molecule has 1 aliphatic heterocycles. The Labute approximate surface area is 229 Å². The Morgan fingerprint density at radius 2 is 1.92 bits per heavy atom. The smallest absolute Gasteiger partial charge is 0.330 e. The van der Waals surface area contributed by atoms with Crippen LogP contribution in [-0.4, -0.2) is 48.3 Å². The molecule has 2 heterocycles. The summed E-state index contributed by atoms with van der Waals surface area (Å²) in [5.74, 6) is -0.0540. The SMILES string of the molecule is CCS(=O)(=O)c1ccc(Cl)cc1Cn1c(=O)[nH]c2c(Br)c(CN3CCC(CN)C3)c(C(F)(F)F)cc2c1=O. The maximum Gasteiger partial charge on any atom is 0.416 e. The van der Waals surface area contributed by atoms with E-state index in [4.69, 9.17) is 17.3 Å². The lowest BCUT2D eigenvalue weighted by Gasteiger charge is -2.22. The highest BCUT2D eigenvalue weighted by atomic mass is 79.9. The molecule has 3 aromatic rings. The zero-order valence-electron chi connectivity index (χ0n) is 20.2. The Morgan fingerprint density at radius 1 is 1.21 bits per heavy atom. The van der Waals surface area contributed by atoms with Crippen LogP contribution in [0.25, 0.3) is 10.9 Å². The number of sulfone groups is 1. The van der Waals surface area contributed by atoms with Crippen molar-refractivity contribution in [2.24, 2.45) is 11.7 Å². The molecule has 8 nitrogen and oxygen atoms in total. The van der Waals surface area contributed by atoms with Gasteiger partial charge in [0.1, 0.15) is 0 Å². The van der Waals surface area contributed by atoms with Crippen LogP contribution < -0.4 is 17.0 Å². The summed E-state index contributed by atoms with van der Waals surface area (Å²) in [6.45, 7) is 2.43. The molecular weight excluding hydrogens is 613 g/mol. The van der Waals surface area contributed by atoms with Crippen molar-refractivity contribution < 1.29 is 21.6 Å². The third-order valence-corrected chi connectivity index (χ3v) is 9.72. The van der Waals surface area contributed by atoms with Gasteiger partial charge in [-0.25, -0.2) is 13.2 Å². The highest BCUT2D eigenvalue weighted by molar-refractivity contribution is 9.10. The monoisotopic (exact) mass is 636 g/mol. The number of nitrogens with one attached hydrogen (secondary N) is 1. The molecule has 1 fully saturated rings. The van der Waals surface area contributed by atoms with Crippen LogP contribution in [0.15, 0.2) is 43.2 Å². The Morgan fingerprint density at radius 3 is 2.53 bits per heavy atom. The summed E-state index contributed by atoms with van der Waals surface area (Å²) in [4.78, 5) is 30.6. The maximum atomic E-state index is 14.2. The number of H-pyrrole nitrogens is 1. The number of benzene rings is 2. The summed E-state index contributed by atoms with van der Waals surface area (Å²) < 4.78 is 68.3. The number of nitrogens with two attached hydrogens (primary N) is 1. The van der Waals surface area contributed by atoms with Crippen LogP contribution in [0.2, 0.25) is 5.02 Å². The predicted octanol–water partition coefficient (Wildman–Crippen LogP) is 3.75. The van der Waals surface area contributed by atoms with Crippen LogP contribution >= 0.6 is 27.5 Å². The summed E-state index contributed by atoms with van der Waals surface area (Å²) >= 11 is 9.25. The number of likely N-dealkylation sites (tertiary alicyclic amines) is 1. The molecule has 1 unspecified atom stereocenters. The highest BCUT2D eigenvalue weighted by Gasteiger charge is 2.37. The van der Waals surface area contributed by atoms with Gasteiger partial charge in [0.05, 0.1) is 33.7 Å². The summed E-state index contributed by atoms with van der Waals surface area (Å²) in [6.07, 6.45) is -4.01. The first-order valence-electron chi connectivity index (χ1n) is 11.8. The lowest BCUT2D eigenvalue weighted by Crippen LogP contribution is -2.36. The topological polar surface area (TPSA) is 118 Å². The van der Waals surface area contributed by atoms with Gasteiger partial charge in [0.25, 0.3) is 5.56 Å². The van der Waals surface area contributed by atoms with Gasteiger partial charge in [0, 0.05) is 22.6 Å². The van der Waals surface area contributed by atoms with Crippen molar-refractivity contribution in [3.63, 3.8) is 0 Å². The van der Waals surface area contributed by atoms with Gasteiger partial charge in [-0.05, 0) is 76.8 Å². The van der Waals surface area contributed by atoms with E-state index in [2.05, 4.69) is 20.9 Å². The van der Waals surface area contributed by atoms with Gasteiger partial charge in [0.15, 0.2) is 9.84 Å². The van der Waals surface area contributed by atoms with Gasteiger partial charge < -0.3 is 10.7 Å². The summed E-state index contributed by atoms with van der Waals surface area (Å²) in [5, 5.41) is -0.193. The molecule has 1 saturated heterocycles. The fourth-order valence-electron chi connectivity index (χ4n) is 4.72. The van der Waals surface area contributed by atoms with Crippen LogP contribution in [0.5, 0.6) is 0 Å². The van der Waals surface area contributed by atoms with Crippen molar-refractivity contribution in [1.29, 1.82) is 0 Å². The third kappa shape index (κ3) is 5.57. The number of aromatic nitrogens is 2. The average Bonchev–Trinajstić information content (AvgIpc) is 3.30. The van der Waals surface area contributed by atoms with Crippen molar-refractivity contribution in [3.8, 4) is 0 Å². The van der Waals surface area contributed by atoms with Crippen molar-refractivity contribution in [3.05, 3.63) is 71.3 Å². The number of nitrogens with zero attached hydrogens (tertiary/aromatic N) is 2. The van der Waals surface area contributed by atoms with E-state index in [1.54, 1.807) is 0 Å². The van der Waals surface area contributed by atoms with Gasteiger partial charge in [0.2, 0.25) is 0 Å². The number of fused-ring (bicyclic) bond motifs is 1. The van der Waals surface area contributed by atoms with Crippen molar-refractivity contribution >= 4 is 48.3 Å². The van der Waals surface area contributed by atoms with Crippen molar-refractivity contribution in [1.82, 2.24) is 14.5 Å². The molecule has 0 aliphatic carbocycles. The summed E-state index contributed by atoms with van der Waals surface area (Å²) in [6, 6.07) is 4.69. The van der Waals surface area contributed by atoms with Crippen molar-refractivity contribution in [2.75, 3.05) is 25.4 Å². The second-order valence-corrected chi connectivity index (χ2v) is 12.7. The molecule has 1 atom stereocenters. The van der Waals surface area contributed by atoms with E-state index in [1.165, 1.54) is 25.1 Å². The number of alkyl halides is 3. The van der Waals surface area contributed by atoms with Gasteiger partial charge in [-0.3, -0.25) is 14.3 Å². The number of halogens is 5. The van der Waals surface area contributed by atoms with Gasteiger partial charge in [-0.1, -0.05) is 18.5 Å². The fourth-order valence-corrected chi connectivity index (χ4v) is 6.67. The minimum atomic E-state index is -4.78.